The fourth-order valence-electron chi connectivity index (χ4n) is 3.39. The minimum absolute atomic E-state index is 0.111. The molecule has 166 valence electrons. The SMILES string of the molecule is COc1ccc(NC(=O)CN(C)CC(=O)NC(C)c2ccc(-c3ccccc3)cc2)cc1. The molecule has 32 heavy (non-hydrogen) atoms. The smallest absolute Gasteiger partial charge is 0.238 e. The second-order valence-electron chi connectivity index (χ2n) is 7.73. The molecule has 0 radical (unpaired) electrons. The van der Waals surface area contributed by atoms with E-state index < -0.39 is 0 Å². The van der Waals surface area contributed by atoms with E-state index in [1.165, 1.54) is 0 Å². The zero-order chi connectivity index (χ0) is 22.9. The maximum absolute atomic E-state index is 12.4. The van der Waals surface area contributed by atoms with Crippen LogP contribution in [0.1, 0.15) is 18.5 Å². The van der Waals surface area contributed by atoms with Crippen molar-refractivity contribution in [1.29, 1.82) is 0 Å². The second kappa shape index (κ2) is 11.1. The average molecular weight is 432 g/mol. The third kappa shape index (κ3) is 6.68. The highest BCUT2D eigenvalue weighted by molar-refractivity contribution is 5.92. The first-order valence-corrected chi connectivity index (χ1v) is 10.5. The standard InChI is InChI=1S/C26H29N3O3/c1-19(20-9-11-22(12-10-20)21-7-5-4-6-8-21)27-25(30)17-29(2)18-26(31)28-23-13-15-24(32-3)16-14-23/h4-16,19H,17-18H2,1-3H3,(H,27,30)(H,28,31). The lowest BCUT2D eigenvalue weighted by atomic mass is 10.0. The van der Waals surface area contributed by atoms with E-state index in [0.717, 1.165) is 22.4 Å². The van der Waals surface area contributed by atoms with Gasteiger partial charge in [0.15, 0.2) is 0 Å². The van der Waals surface area contributed by atoms with Crippen molar-refractivity contribution in [3.8, 4) is 16.9 Å². The Morgan fingerprint density at radius 1 is 0.844 bits per heavy atom. The van der Waals surface area contributed by atoms with Crippen LogP contribution in [0.4, 0.5) is 5.69 Å². The summed E-state index contributed by atoms with van der Waals surface area (Å²) in [6, 6.07) is 25.3. The van der Waals surface area contributed by atoms with Gasteiger partial charge in [0.25, 0.3) is 0 Å². The molecule has 3 aromatic carbocycles. The van der Waals surface area contributed by atoms with Gasteiger partial charge in [-0.25, -0.2) is 0 Å². The van der Waals surface area contributed by atoms with E-state index in [9.17, 15) is 9.59 Å². The lowest BCUT2D eigenvalue weighted by molar-refractivity contribution is -0.123. The normalized spacial score (nSPS) is 11.6. The molecular formula is C26H29N3O3. The first-order chi connectivity index (χ1) is 15.4. The molecule has 1 unspecified atom stereocenters. The number of rotatable bonds is 9. The fourth-order valence-corrected chi connectivity index (χ4v) is 3.39. The molecule has 0 saturated carbocycles. The van der Waals surface area contributed by atoms with Gasteiger partial charge in [-0.2, -0.15) is 0 Å². The number of methoxy groups -OCH3 is 1. The molecule has 0 saturated heterocycles. The summed E-state index contributed by atoms with van der Waals surface area (Å²) in [6.07, 6.45) is 0. The molecule has 2 amide bonds. The van der Waals surface area contributed by atoms with E-state index in [-0.39, 0.29) is 30.9 Å². The van der Waals surface area contributed by atoms with Gasteiger partial charge in [-0.3, -0.25) is 14.5 Å². The molecule has 0 heterocycles. The largest absolute Gasteiger partial charge is 0.497 e. The van der Waals surface area contributed by atoms with Crippen molar-refractivity contribution in [3.05, 3.63) is 84.4 Å². The van der Waals surface area contributed by atoms with E-state index in [0.29, 0.717) is 5.69 Å². The van der Waals surface area contributed by atoms with E-state index >= 15 is 0 Å². The number of anilines is 1. The van der Waals surface area contributed by atoms with Crippen LogP contribution in [0.2, 0.25) is 0 Å². The maximum Gasteiger partial charge on any atom is 0.238 e. The molecule has 0 bridgehead atoms. The van der Waals surface area contributed by atoms with Crippen molar-refractivity contribution >= 4 is 17.5 Å². The minimum Gasteiger partial charge on any atom is -0.497 e. The van der Waals surface area contributed by atoms with Gasteiger partial charge < -0.3 is 15.4 Å². The Bertz CT molecular complexity index is 1020. The van der Waals surface area contributed by atoms with Crippen LogP contribution in [0.25, 0.3) is 11.1 Å². The number of carbonyl (C=O) groups is 2. The first kappa shape index (κ1) is 23.0. The first-order valence-electron chi connectivity index (χ1n) is 10.5. The molecule has 0 spiro atoms. The zero-order valence-electron chi connectivity index (χ0n) is 18.7. The van der Waals surface area contributed by atoms with Gasteiger partial charge >= 0.3 is 0 Å². The summed E-state index contributed by atoms with van der Waals surface area (Å²) >= 11 is 0. The van der Waals surface area contributed by atoms with Crippen molar-refractivity contribution < 1.29 is 14.3 Å². The summed E-state index contributed by atoms with van der Waals surface area (Å²) in [6.45, 7) is 2.19. The Morgan fingerprint density at radius 2 is 1.44 bits per heavy atom. The molecule has 0 fully saturated rings. The number of benzene rings is 3. The van der Waals surface area contributed by atoms with Crippen LogP contribution in [-0.2, 0) is 9.59 Å². The highest BCUT2D eigenvalue weighted by atomic mass is 16.5. The molecule has 0 aliphatic heterocycles. The average Bonchev–Trinajstić information content (AvgIpc) is 2.80. The number of nitrogens with one attached hydrogen (secondary N) is 2. The van der Waals surface area contributed by atoms with Gasteiger partial charge in [-0.15, -0.1) is 0 Å². The number of ether oxygens (including phenoxy) is 1. The molecular weight excluding hydrogens is 402 g/mol. The van der Waals surface area contributed by atoms with E-state index in [1.54, 1.807) is 43.3 Å². The topological polar surface area (TPSA) is 70.7 Å². The van der Waals surface area contributed by atoms with Crippen molar-refractivity contribution in [2.24, 2.45) is 0 Å². The predicted octanol–water partition coefficient (Wildman–Crippen LogP) is 4.11. The van der Waals surface area contributed by atoms with E-state index in [1.807, 2.05) is 37.3 Å². The lowest BCUT2D eigenvalue weighted by Crippen LogP contribution is -2.39. The van der Waals surface area contributed by atoms with Crippen LogP contribution in [0.15, 0.2) is 78.9 Å². The Kier molecular flexibility index (Phi) is 8.00. The highest BCUT2D eigenvalue weighted by Crippen LogP contribution is 2.21. The second-order valence-corrected chi connectivity index (χ2v) is 7.73. The minimum atomic E-state index is -0.185. The van der Waals surface area contributed by atoms with Gasteiger partial charge in [0.05, 0.1) is 26.2 Å². The summed E-state index contributed by atoms with van der Waals surface area (Å²) in [5, 5.41) is 5.81. The van der Waals surface area contributed by atoms with Crippen LogP contribution >= 0.6 is 0 Å². The van der Waals surface area contributed by atoms with Crippen LogP contribution in [0.3, 0.4) is 0 Å². The summed E-state index contributed by atoms with van der Waals surface area (Å²) in [7, 11) is 3.33. The van der Waals surface area contributed by atoms with Crippen molar-refractivity contribution in [2.75, 3.05) is 32.6 Å². The molecule has 2 N–H and O–H groups in total. The summed E-state index contributed by atoms with van der Waals surface area (Å²) in [5.74, 6) is 0.403. The van der Waals surface area contributed by atoms with Crippen LogP contribution in [0.5, 0.6) is 5.75 Å². The number of carbonyl (C=O) groups excluding carboxylic acids is 2. The van der Waals surface area contributed by atoms with Gasteiger partial charge in [0.2, 0.25) is 11.8 Å². The van der Waals surface area contributed by atoms with Gasteiger partial charge in [-0.1, -0.05) is 54.6 Å². The lowest BCUT2D eigenvalue weighted by Gasteiger charge is -2.19. The van der Waals surface area contributed by atoms with Crippen molar-refractivity contribution in [3.63, 3.8) is 0 Å². The Labute approximate surface area is 189 Å². The maximum atomic E-state index is 12.4. The monoisotopic (exact) mass is 431 g/mol. The third-order valence-corrected chi connectivity index (χ3v) is 5.10. The van der Waals surface area contributed by atoms with Crippen LogP contribution < -0.4 is 15.4 Å². The molecule has 6 nitrogen and oxygen atoms in total. The fraction of sp³-hybridized carbons (Fsp3) is 0.231. The van der Waals surface area contributed by atoms with Gasteiger partial charge in [-0.05, 0) is 54.9 Å². The molecule has 0 aromatic heterocycles. The zero-order valence-corrected chi connectivity index (χ0v) is 18.7. The molecule has 3 aromatic rings. The highest BCUT2D eigenvalue weighted by Gasteiger charge is 2.14. The van der Waals surface area contributed by atoms with E-state index in [2.05, 4.69) is 34.9 Å². The van der Waals surface area contributed by atoms with Crippen LogP contribution in [0, 0.1) is 0 Å². The van der Waals surface area contributed by atoms with E-state index in [4.69, 9.17) is 4.74 Å². The number of hydrogen-bond donors (Lipinski definition) is 2. The van der Waals surface area contributed by atoms with Crippen molar-refractivity contribution in [1.82, 2.24) is 10.2 Å². The predicted molar refractivity (Wildman–Crippen MR) is 128 cm³/mol. The quantitative estimate of drug-likeness (QED) is 0.535. The Morgan fingerprint density at radius 3 is 2.06 bits per heavy atom. The summed E-state index contributed by atoms with van der Waals surface area (Å²) < 4.78 is 5.11. The summed E-state index contributed by atoms with van der Waals surface area (Å²) in [5.41, 5.74) is 4.00. The molecule has 6 heteroatoms. The number of amides is 2. The molecule has 0 aliphatic rings. The van der Waals surface area contributed by atoms with Gasteiger partial charge in [0, 0.05) is 5.69 Å². The molecule has 1 atom stereocenters. The number of nitrogens with zero attached hydrogens (tertiary/aromatic N) is 1. The van der Waals surface area contributed by atoms with Crippen LogP contribution in [-0.4, -0.2) is 44.0 Å². The molecule has 3 rings (SSSR count). The number of likely N-dealkylation sites (N-methyl/N-ethyl adjacent to an activating group) is 1. The third-order valence-electron chi connectivity index (χ3n) is 5.10. The Hall–Kier alpha value is -3.64. The molecule has 0 aliphatic carbocycles. The van der Waals surface area contributed by atoms with Crippen molar-refractivity contribution in [2.45, 2.75) is 13.0 Å². The number of hydrogen-bond acceptors (Lipinski definition) is 4. The van der Waals surface area contributed by atoms with Gasteiger partial charge in [0.1, 0.15) is 5.75 Å². The summed E-state index contributed by atoms with van der Waals surface area (Å²) in [4.78, 5) is 26.4. The Balaban J connectivity index is 1.46.